The van der Waals surface area contributed by atoms with Gasteiger partial charge in [0.25, 0.3) is 5.91 Å². The molecule has 14 heavy (non-hydrogen) atoms. The Labute approximate surface area is 92.5 Å². The molecule has 0 aliphatic carbocycles. The molecule has 74 valence electrons. The normalized spacial score (nSPS) is 9.93. The number of carbonyl (C=O) groups is 1. The number of hydrogen-bond acceptors (Lipinski definition) is 2. The first-order chi connectivity index (χ1) is 6.54. The molecule has 0 heterocycles. The molecule has 0 atom stereocenters. The number of benzene rings is 1. The van der Waals surface area contributed by atoms with Crippen molar-refractivity contribution in [3.05, 3.63) is 28.2 Å². The van der Waals surface area contributed by atoms with Crippen LogP contribution >= 0.6 is 15.9 Å². The third kappa shape index (κ3) is 2.59. The van der Waals surface area contributed by atoms with Crippen LogP contribution < -0.4 is 5.46 Å². The first-order valence-electron chi connectivity index (χ1n) is 4.14. The van der Waals surface area contributed by atoms with Crippen LogP contribution in [0, 0.1) is 0 Å². The van der Waals surface area contributed by atoms with Gasteiger partial charge >= 0.3 is 0 Å². The second-order valence-electron chi connectivity index (χ2n) is 3.00. The molecular formula is C9H11BBrNO2. The average molecular weight is 256 g/mol. The van der Waals surface area contributed by atoms with Crippen LogP contribution in [0.25, 0.3) is 0 Å². The number of nitrogens with zero attached hydrogens (tertiary/aromatic N) is 1. The molecule has 0 fully saturated rings. The number of rotatable bonds is 2. The Hall–Kier alpha value is -0.805. The maximum absolute atomic E-state index is 11.7. The summed E-state index contributed by atoms with van der Waals surface area (Å²) in [6.07, 6.45) is 0. The van der Waals surface area contributed by atoms with Gasteiger partial charge in [0.15, 0.2) is 0 Å². The standard InChI is InChI=1S/C9H11BBrNO2/c1-12(14-2)9(13)6-3-7(10)5-8(11)4-6/h3-5H,10H2,1-2H3. The van der Waals surface area contributed by atoms with E-state index in [-0.39, 0.29) is 5.91 Å². The second kappa shape index (κ2) is 4.62. The summed E-state index contributed by atoms with van der Waals surface area (Å²) in [5.74, 6) is -0.156. The Morgan fingerprint density at radius 3 is 2.64 bits per heavy atom. The fourth-order valence-corrected chi connectivity index (χ4v) is 1.73. The first kappa shape index (κ1) is 11.3. The lowest BCUT2D eigenvalue weighted by molar-refractivity contribution is -0.0756. The molecule has 5 heteroatoms. The molecule has 0 radical (unpaired) electrons. The van der Waals surface area contributed by atoms with Crippen molar-refractivity contribution < 1.29 is 9.63 Å². The quantitative estimate of drug-likeness (QED) is 0.564. The fraction of sp³-hybridized carbons (Fsp3) is 0.222. The molecule has 0 spiro atoms. The zero-order valence-electron chi connectivity index (χ0n) is 8.37. The van der Waals surface area contributed by atoms with Gasteiger partial charge in [-0.25, -0.2) is 5.06 Å². The summed E-state index contributed by atoms with van der Waals surface area (Å²) in [5, 5.41) is 1.20. The summed E-state index contributed by atoms with van der Waals surface area (Å²) in [7, 11) is 4.98. The van der Waals surface area contributed by atoms with Crippen LogP contribution in [0.1, 0.15) is 10.4 Å². The highest BCUT2D eigenvalue weighted by atomic mass is 79.9. The first-order valence-corrected chi connectivity index (χ1v) is 4.93. The molecule has 1 amide bonds. The van der Waals surface area contributed by atoms with Crippen molar-refractivity contribution in [2.75, 3.05) is 14.2 Å². The highest BCUT2D eigenvalue weighted by Crippen LogP contribution is 2.11. The van der Waals surface area contributed by atoms with Crippen LogP contribution in [-0.4, -0.2) is 33.0 Å². The monoisotopic (exact) mass is 255 g/mol. The van der Waals surface area contributed by atoms with Crippen LogP contribution in [0.15, 0.2) is 22.7 Å². The summed E-state index contributed by atoms with van der Waals surface area (Å²) in [5.41, 5.74) is 1.65. The number of amides is 1. The van der Waals surface area contributed by atoms with Crippen LogP contribution in [0.4, 0.5) is 0 Å². The van der Waals surface area contributed by atoms with Gasteiger partial charge in [-0.3, -0.25) is 9.63 Å². The molecule has 1 rings (SSSR count). The molecule has 0 saturated carbocycles. The smallest absolute Gasteiger partial charge is 0.274 e. The molecule has 0 aromatic heterocycles. The van der Waals surface area contributed by atoms with Gasteiger partial charge < -0.3 is 0 Å². The maximum Gasteiger partial charge on any atom is 0.277 e. The summed E-state index contributed by atoms with van der Waals surface area (Å²) in [6.45, 7) is 0. The van der Waals surface area contributed by atoms with Crippen molar-refractivity contribution in [1.82, 2.24) is 5.06 Å². The molecule has 0 bridgehead atoms. The Bertz CT molecular complexity index is 336. The fourth-order valence-electron chi connectivity index (χ4n) is 1.12. The zero-order valence-corrected chi connectivity index (χ0v) is 9.96. The molecular weight excluding hydrogens is 245 g/mol. The van der Waals surface area contributed by atoms with Crippen molar-refractivity contribution in [3.63, 3.8) is 0 Å². The van der Waals surface area contributed by atoms with Gasteiger partial charge in [0.2, 0.25) is 0 Å². The van der Waals surface area contributed by atoms with E-state index in [0.717, 1.165) is 9.94 Å². The highest BCUT2D eigenvalue weighted by Gasteiger charge is 2.11. The number of hydroxylamine groups is 2. The van der Waals surface area contributed by atoms with E-state index in [4.69, 9.17) is 4.84 Å². The van der Waals surface area contributed by atoms with Crippen molar-refractivity contribution in [1.29, 1.82) is 0 Å². The largest absolute Gasteiger partial charge is 0.277 e. The Kier molecular flexibility index (Phi) is 3.72. The lowest BCUT2D eigenvalue weighted by Gasteiger charge is -2.14. The summed E-state index contributed by atoms with van der Waals surface area (Å²) in [6, 6.07) is 5.54. The van der Waals surface area contributed by atoms with E-state index < -0.39 is 0 Å². The van der Waals surface area contributed by atoms with Gasteiger partial charge in [-0.05, 0) is 6.07 Å². The topological polar surface area (TPSA) is 29.5 Å². The third-order valence-corrected chi connectivity index (χ3v) is 2.31. The van der Waals surface area contributed by atoms with Crippen LogP contribution in [-0.2, 0) is 4.84 Å². The minimum atomic E-state index is -0.156. The van der Waals surface area contributed by atoms with E-state index in [2.05, 4.69) is 15.9 Å². The van der Waals surface area contributed by atoms with Gasteiger partial charge in [-0.2, -0.15) is 0 Å². The van der Waals surface area contributed by atoms with E-state index in [0.29, 0.717) is 5.56 Å². The molecule has 3 nitrogen and oxygen atoms in total. The number of carbonyl (C=O) groups excluding carboxylic acids is 1. The molecule has 1 aromatic carbocycles. The average Bonchev–Trinajstić information content (AvgIpc) is 2.14. The SMILES string of the molecule is Bc1cc(Br)cc(C(=O)N(C)OC)c1. The Balaban J connectivity index is 3.01. The molecule has 0 saturated heterocycles. The van der Waals surface area contributed by atoms with Crippen molar-refractivity contribution in [2.45, 2.75) is 0 Å². The Morgan fingerprint density at radius 2 is 2.14 bits per heavy atom. The minimum Gasteiger partial charge on any atom is -0.274 e. The van der Waals surface area contributed by atoms with Gasteiger partial charge in [0.05, 0.1) is 7.11 Å². The zero-order chi connectivity index (χ0) is 10.7. The van der Waals surface area contributed by atoms with Crippen molar-refractivity contribution >= 4 is 35.1 Å². The van der Waals surface area contributed by atoms with Gasteiger partial charge in [-0.1, -0.05) is 33.5 Å². The molecule has 0 unspecified atom stereocenters. The van der Waals surface area contributed by atoms with E-state index in [1.165, 1.54) is 12.2 Å². The molecule has 0 aliphatic rings. The number of hydrogen-bond donors (Lipinski definition) is 0. The lowest BCUT2D eigenvalue weighted by atomic mass is 9.94. The van der Waals surface area contributed by atoms with E-state index in [1.807, 2.05) is 20.0 Å². The van der Waals surface area contributed by atoms with E-state index in [1.54, 1.807) is 13.1 Å². The number of halogens is 1. The van der Waals surface area contributed by atoms with Crippen molar-refractivity contribution in [2.24, 2.45) is 0 Å². The summed E-state index contributed by atoms with van der Waals surface area (Å²) < 4.78 is 0.894. The van der Waals surface area contributed by atoms with E-state index >= 15 is 0 Å². The third-order valence-electron chi connectivity index (χ3n) is 1.85. The van der Waals surface area contributed by atoms with E-state index in [9.17, 15) is 4.79 Å². The van der Waals surface area contributed by atoms with Crippen LogP contribution in [0.5, 0.6) is 0 Å². The minimum absolute atomic E-state index is 0.156. The molecule has 0 N–H and O–H groups in total. The van der Waals surface area contributed by atoms with Crippen LogP contribution in [0.2, 0.25) is 0 Å². The lowest BCUT2D eigenvalue weighted by Crippen LogP contribution is -2.26. The Morgan fingerprint density at radius 1 is 1.50 bits per heavy atom. The van der Waals surface area contributed by atoms with Gasteiger partial charge in [0.1, 0.15) is 7.85 Å². The molecule has 0 aliphatic heterocycles. The van der Waals surface area contributed by atoms with Gasteiger partial charge in [0, 0.05) is 17.1 Å². The predicted octanol–water partition coefficient (Wildman–Crippen LogP) is 0.341. The van der Waals surface area contributed by atoms with Crippen LogP contribution in [0.3, 0.4) is 0 Å². The predicted molar refractivity (Wildman–Crippen MR) is 61.4 cm³/mol. The van der Waals surface area contributed by atoms with Crippen molar-refractivity contribution in [3.8, 4) is 0 Å². The maximum atomic E-state index is 11.7. The summed E-state index contributed by atoms with van der Waals surface area (Å²) >= 11 is 3.34. The molecule has 1 aromatic rings. The highest BCUT2D eigenvalue weighted by molar-refractivity contribution is 9.10. The van der Waals surface area contributed by atoms with Gasteiger partial charge in [-0.15, -0.1) is 0 Å². The summed E-state index contributed by atoms with van der Waals surface area (Å²) in [4.78, 5) is 16.5. The second-order valence-corrected chi connectivity index (χ2v) is 3.92.